The molecule has 0 aromatic carbocycles. The topological polar surface area (TPSA) is 46.3 Å². The van der Waals surface area contributed by atoms with E-state index in [9.17, 15) is 4.79 Å². The van der Waals surface area contributed by atoms with Crippen LogP contribution in [0.4, 0.5) is 0 Å². The number of aryl methyl sites for hydroxylation is 1. The summed E-state index contributed by atoms with van der Waals surface area (Å²) in [5, 5.41) is 2.08. The number of nitrogens with zero attached hydrogens (tertiary/aromatic N) is 1. The van der Waals surface area contributed by atoms with E-state index in [1.54, 1.807) is 11.3 Å². The molecule has 1 amide bonds. The van der Waals surface area contributed by atoms with Gasteiger partial charge < -0.3 is 10.6 Å². The number of thiophene rings is 1. The van der Waals surface area contributed by atoms with Gasteiger partial charge in [0.15, 0.2) is 0 Å². The van der Waals surface area contributed by atoms with E-state index < -0.39 is 0 Å². The average Bonchev–Trinajstić information content (AvgIpc) is 2.75. The van der Waals surface area contributed by atoms with Crippen LogP contribution in [0.15, 0.2) is 11.4 Å². The van der Waals surface area contributed by atoms with Crippen LogP contribution < -0.4 is 5.73 Å². The van der Waals surface area contributed by atoms with Crippen LogP contribution in [0.3, 0.4) is 0 Å². The molecular formula is C14H22N2OS. The first-order valence-corrected chi connectivity index (χ1v) is 7.51. The van der Waals surface area contributed by atoms with Crippen molar-refractivity contribution < 1.29 is 4.79 Å². The summed E-state index contributed by atoms with van der Waals surface area (Å²) in [6.07, 6.45) is 4.24. The first-order valence-electron chi connectivity index (χ1n) is 6.63. The normalized spacial score (nSPS) is 23.9. The number of nitrogens with two attached hydrogens (primary N) is 1. The van der Waals surface area contributed by atoms with Crippen LogP contribution in [-0.4, -0.2) is 23.9 Å². The van der Waals surface area contributed by atoms with Crippen molar-refractivity contribution in [3.63, 3.8) is 0 Å². The molecule has 1 aliphatic carbocycles. The Morgan fingerprint density at radius 1 is 1.50 bits per heavy atom. The van der Waals surface area contributed by atoms with Crippen LogP contribution >= 0.6 is 11.3 Å². The summed E-state index contributed by atoms with van der Waals surface area (Å²) in [5.74, 6) is 0.249. The standard InChI is InChI=1S/C14H22N2OS/c1-10-7-8-18-13(10)9-16(2)14(17)11-5-3-4-6-12(11)15/h7-8,11-12H,3-6,9,15H2,1-2H3. The van der Waals surface area contributed by atoms with Crippen molar-refractivity contribution in [3.05, 3.63) is 21.9 Å². The summed E-state index contributed by atoms with van der Waals surface area (Å²) in [6.45, 7) is 2.81. The fourth-order valence-electron chi connectivity index (χ4n) is 2.61. The van der Waals surface area contributed by atoms with Crippen molar-refractivity contribution >= 4 is 17.2 Å². The Hall–Kier alpha value is -0.870. The van der Waals surface area contributed by atoms with Crippen molar-refractivity contribution in [2.24, 2.45) is 11.7 Å². The summed E-state index contributed by atoms with van der Waals surface area (Å²) in [6, 6.07) is 2.16. The second kappa shape index (κ2) is 5.85. The first-order chi connectivity index (χ1) is 8.59. The number of amides is 1. The smallest absolute Gasteiger partial charge is 0.227 e. The zero-order valence-electron chi connectivity index (χ0n) is 11.2. The van der Waals surface area contributed by atoms with E-state index in [2.05, 4.69) is 18.4 Å². The lowest BCUT2D eigenvalue weighted by atomic mass is 9.84. The molecule has 1 fully saturated rings. The molecule has 1 heterocycles. The lowest BCUT2D eigenvalue weighted by Gasteiger charge is -2.31. The Balaban J connectivity index is 1.98. The minimum Gasteiger partial charge on any atom is -0.340 e. The monoisotopic (exact) mass is 266 g/mol. The Bertz CT molecular complexity index is 416. The van der Waals surface area contributed by atoms with Crippen LogP contribution in [0.2, 0.25) is 0 Å². The number of rotatable bonds is 3. The highest BCUT2D eigenvalue weighted by molar-refractivity contribution is 7.10. The van der Waals surface area contributed by atoms with Gasteiger partial charge in [0.2, 0.25) is 5.91 Å². The number of carbonyl (C=O) groups excluding carboxylic acids is 1. The van der Waals surface area contributed by atoms with Crippen molar-refractivity contribution in [2.75, 3.05) is 7.05 Å². The molecule has 3 nitrogen and oxygen atoms in total. The van der Waals surface area contributed by atoms with Gasteiger partial charge in [0.05, 0.1) is 12.5 Å². The third-order valence-corrected chi connectivity index (χ3v) is 4.87. The maximum atomic E-state index is 12.4. The Kier molecular flexibility index (Phi) is 4.40. The molecule has 1 aromatic heterocycles. The number of hydrogen-bond acceptors (Lipinski definition) is 3. The van der Waals surface area contributed by atoms with Crippen LogP contribution in [-0.2, 0) is 11.3 Å². The molecule has 2 unspecified atom stereocenters. The summed E-state index contributed by atoms with van der Waals surface area (Å²) in [5.41, 5.74) is 7.35. The second-order valence-electron chi connectivity index (χ2n) is 5.28. The van der Waals surface area contributed by atoms with Crippen molar-refractivity contribution in [1.29, 1.82) is 0 Å². The van der Waals surface area contributed by atoms with E-state index in [1.807, 2.05) is 11.9 Å². The number of hydrogen-bond donors (Lipinski definition) is 1. The lowest BCUT2D eigenvalue weighted by molar-refractivity contribution is -0.136. The minimum atomic E-state index is 0.0315. The van der Waals surface area contributed by atoms with Gasteiger partial charge in [-0.1, -0.05) is 12.8 Å². The van der Waals surface area contributed by atoms with Gasteiger partial charge in [0.25, 0.3) is 0 Å². The highest BCUT2D eigenvalue weighted by atomic mass is 32.1. The lowest BCUT2D eigenvalue weighted by Crippen LogP contribution is -2.44. The van der Waals surface area contributed by atoms with Crippen molar-refractivity contribution in [1.82, 2.24) is 4.90 Å². The van der Waals surface area contributed by atoms with Gasteiger partial charge in [-0.25, -0.2) is 0 Å². The highest BCUT2D eigenvalue weighted by Crippen LogP contribution is 2.26. The molecule has 0 radical (unpaired) electrons. The van der Waals surface area contributed by atoms with Gasteiger partial charge in [-0.2, -0.15) is 0 Å². The maximum absolute atomic E-state index is 12.4. The van der Waals surface area contributed by atoms with Crippen LogP contribution in [0, 0.1) is 12.8 Å². The third-order valence-electron chi connectivity index (χ3n) is 3.86. The van der Waals surface area contributed by atoms with Crippen molar-refractivity contribution in [2.45, 2.75) is 45.2 Å². The quantitative estimate of drug-likeness (QED) is 0.914. The summed E-state index contributed by atoms with van der Waals surface area (Å²) >= 11 is 1.72. The van der Waals surface area contributed by atoms with Crippen LogP contribution in [0.5, 0.6) is 0 Å². The van der Waals surface area contributed by atoms with E-state index in [1.165, 1.54) is 16.9 Å². The molecule has 1 aliphatic rings. The molecule has 2 atom stereocenters. The second-order valence-corrected chi connectivity index (χ2v) is 6.28. The fraction of sp³-hybridized carbons (Fsp3) is 0.643. The predicted molar refractivity (Wildman–Crippen MR) is 75.5 cm³/mol. The molecule has 0 spiro atoms. The first kappa shape index (κ1) is 13.6. The highest BCUT2D eigenvalue weighted by Gasteiger charge is 2.30. The number of carbonyl (C=O) groups is 1. The Labute approximate surface area is 113 Å². The van der Waals surface area contributed by atoms with Gasteiger partial charge >= 0.3 is 0 Å². The van der Waals surface area contributed by atoms with Gasteiger partial charge in [-0.15, -0.1) is 11.3 Å². The van der Waals surface area contributed by atoms with Gasteiger partial charge in [0.1, 0.15) is 0 Å². The molecule has 1 saturated carbocycles. The zero-order chi connectivity index (χ0) is 13.1. The molecule has 4 heteroatoms. The molecule has 18 heavy (non-hydrogen) atoms. The largest absolute Gasteiger partial charge is 0.340 e. The summed E-state index contributed by atoms with van der Waals surface area (Å²) in [7, 11) is 1.89. The summed E-state index contributed by atoms with van der Waals surface area (Å²) in [4.78, 5) is 15.5. The van der Waals surface area contributed by atoms with E-state index in [0.717, 1.165) is 19.3 Å². The van der Waals surface area contributed by atoms with E-state index in [-0.39, 0.29) is 17.9 Å². The molecule has 100 valence electrons. The van der Waals surface area contributed by atoms with Gasteiger partial charge in [-0.3, -0.25) is 4.79 Å². The molecular weight excluding hydrogens is 244 g/mol. The molecule has 2 N–H and O–H groups in total. The maximum Gasteiger partial charge on any atom is 0.227 e. The molecule has 0 aliphatic heterocycles. The Morgan fingerprint density at radius 2 is 2.22 bits per heavy atom. The third kappa shape index (κ3) is 2.93. The zero-order valence-corrected chi connectivity index (χ0v) is 12.0. The van der Waals surface area contributed by atoms with Crippen molar-refractivity contribution in [3.8, 4) is 0 Å². The predicted octanol–water partition coefficient (Wildman–Crippen LogP) is 2.53. The minimum absolute atomic E-state index is 0.0315. The van der Waals surface area contributed by atoms with Crippen LogP contribution in [0.1, 0.15) is 36.1 Å². The SMILES string of the molecule is Cc1ccsc1CN(C)C(=O)C1CCCCC1N. The fourth-order valence-corrected chi connectivity index (χ4v) is 3.57. The Morgan fingerprint density at radius 3 is 2.83 bits per heavy atom. The molecule has 2 rings (SSSR count). The van der Waals surface area contributed by atoms with Gasteiger partial charge in [0, 0.05) is 18.0 Å². The van der Waals surface area contributed by atoms with E-state index in [0.29, 0.717) is 6.54 Å². The average molecular weight is 266 g/mol. The van der Waals surface area contributed by atoms with Gasteiger partial charge in [-0.05, 0) is 36.8 Å². The molecule has 0 saturated heterocycles. The molecule has 0 bridgehead atoms. The molecule has 1 aromatic rings. The van der Waals surface area contributed by atoms with E-state index >= 15 is 0 Å². The van der Waals surface area contributed by atoms with E-state index in [4.69, 9.17) is 5.73 Å². The van der Waals surface area contributed by atoms with Crippen LogP contribution in [0.25, 0.3) is 0 Å². The summed E-state index contributed by atoms with van der Waals surface area (Å²) < 4.78 is 0.